The van der Waals surface area contributed by atoms with Crippen LogP contribution in [-0.2, 0) is 9.59 Å². The smallest absolute Gasteiger partial charge is 0.221 e. The summed E-state index contributed by atoms with van der Waals surface area (Å²) in [5, 5.41) is 5.50. The van der Waals surface area contributed by atoms with Crippen molar-refractivity contribution in [3.05, 3.63) is 0 Å². The Kier molecular flexibility index (Phi) is 4.02. The Morgan fingerprint density at radius 2 is 2.46 bits per heavy atom. The van der Waals surface area contributed by atoms with Crippen LogP contribution in [0.3, 0.4) is 0 Å². The molecule has 0 saturated carbocycles. The molecule has 13 heavy (non-hydrogen) atoms. The van der Waals surface area contributed by atoms with Gasteiger partial charge in [-0.3, -0.25) is 9.59 Å². The van der Waals surface area contributed by atoms with E-state index in [0.717, 1.165) is 6.42 Å². The highest BCUT2D eigenvalue weighted by Gasteiger charge is 2.18. The molecule has 0 aromatic heterocycles. The second kappa shape index (κ2) is 5.07. The van der Waals surface area contributed by atoms with E-state index in [0.29, 0.717) is 25.3 Å². The lowest BCUT2D eigenvalue weighted by atomic mass is 10.1. The van der Waals surface area contributed by atoms with E-state index in [2.05, 4.69) is 10.6 Å². The molecule has 0 aromatic carbocycles. The van der Waals surface area contributed by atoms with Crippen LogP contribution in [0, 0.1) is 0 Å². The molecular weight excluding hydrogens is 192 g/mol. The summed E-state index contributed by atoms with van der Waals surface area (Å²) in [6, 6.07) is 0.0772. The minimum Gasteiger partial charge on any atom is -0.354 e. The molecule has 1 aliphatic heterocycles. The molecule has 0 aromatic rings. The van der Waals surface area contributed by atoms with E-state index in [9.17, 15) is 9.59 Å². The standard InChI is InChI=1S/C8H13ClN2O2/c9-4-3-8(13)11-6-1-2-7(12)10-5-6/h6H,1-5H2,(H,10,12)(H,11,13). The van der Waals surface area contributed by atoms with Gasteiger partial charge in [0.1, 0.15) is 0 Å². The van der Waals surface area contributed by atoms with Crippen molar-refractivity contribution in [1.29, 1.82) is 0 Å². The predicted molar refractivity (Wildman–Crippen MR) is 49.5 cm³/mol. The van der Waals surface area contributed by atoms with Crippen molar-refractivity contribution in [2.45, 2.75) is 25.3 Å². The summed E-state index contributed by atoms with van der Waals surface area (Å²) in [7, 11) is 0. The van der Waals surface area contributed by atoms with Gasteiger partial charge in [-0.05, 0) is 6.42 Å². The van der Waals surface area contributed by atoms with Crippen molar-refractivity contribution in [2.24, 2.45) is 0 Å². The molecule has 1 atom stereocenters. The molecular formula is C8H13ClN2O2. The zero-order chi connectivity index (χ0) is 9.68. The lowest BCUT2D eigenvalue weighted by molar-refractivity contribution is -0.125. The Morgan fingerprint density at radius 1 is 1.69 bits per heavy atom. The van der Waals surface area contributed by atoms with E-state index in [1.165, 1.54) is 0 Å². The Balaban J connectivity index is 2.22. The molecule has 5 heteroatoms. The van der Waals surface area contributed by atoms with E-state index in [1.54, 1.807) is 0 Å². The first-order chi connectivity index (χ1) is 6.22. The molecule has 1 unspecified atom stereocenters. The van der Waals surface area contributed by atoms with Crippen LogP contribution in [-0.4, -0.2) is 30.3 Å². The number of hydrogen-bond acceptors (Lipinski definition) is 2. The molecule has 1 heterocycles. The Labute approximate surface area is 82.0 Å². The molecule has 74 valence electrons. The number of amides is 2. The number of carbonyl (C=O) groups is 2. The fourth-order valence-corrected chi connectivity index (χ4v) is 1.41. The molecule has 0 bridgehead atoms. The fourth-order valence-electron chi connectivity index (χ4n) is 1.24. The van der Waals surface area contributed by atoms with Crippen molar-refractivity contribution in [1.82, 2.24) is 10.6 Å². The molecule has 4 nitrogen and oxygen atoms in total. The van der Waals surface area contributed by atoms with Crippen LogP contribution in [0.1, 0.15) is 19.3 Å². The molecule has 1 fully saturated rings. The number of piperidine rings is 1. The van der Waals surface area contributed by atoms with Gasteiger partial charge in [0.05, 0.1) is 0 Å². The van der Waals surface area contributed by atoms with Gasteiger partial charge in [0.2, 0.25) is 11.8 Å². The van der Waals surface area contributed by atoms with E-state index in [-0.39, 0.29) is 17.9 Å². The maximum Gasteiger partial charge on any atom is 0.221 e. The maximum atomic E-state index is 11.1. The minimum atomic E-state index is -0.0452. The van der Waals surface area contributed by atoms with Gasteiger partial charge in [-0.2, -0.15) is 0 Å². The summed E-state index contributed by atoms with van der Waals surface area (Å²) in [6.07, 6.45) is 1.55. The van der Waals surface area contributed by atoms with Crippen LogP contribution < -0.4 is 10.6 Å². The SMILES string of the molecule is O=C1CCC(NC(=O)CCCl)CN1. The van der Waals surface area contributed by atoms with E-state index >= 15 is 0 Å². The largest absolute Gasteiger partial charge is 0.354 e. The number of nitrogens with one attached hydrogen (secondary N) is 2. The van der Waals surface area contributed by atoms with Crippen molar-refractivity contribution < 1.29 is 9.59 Å². The average molecular weight is 205 g/mol. The van der Waals surface area contributed by atoms with Crippen LogP contribution in [0.5, 0.6) is 0 Å². The third-order valence-corrected chi connectivity index (χ3v) is 2.14. The van der Waals surface area contributed by atoms with Crippen LogP contribution in [0.15, 0.2) is 0 Å². The highest BCUT2D eigenvalue weighted by Crippen LogP contribution is 2.02. The van der Waals surface area contributed by atoms with Crippen molar-refractivity contribution in [2.75, 3.05) is 12.4 Å². The minimum absolute atomic E-state index is 0.0452. The zero-order valence-corrected chi connectivity index (χ0v) is 8.06. The Bertz CT molecular complexity index is 198. The third kappa shape index (κ3) is 3.63. The number of halogens is 1. The predicted octanol–water partition coefficient (Wildman–Crippen LogP) is 0.0101. The molecule has 1 saturated heterocycles. The van der Waals surface area contributed by atoms with Crippen LogP contribution in [0.25, 0.3) is 0 Å². The summed E-state index contributed by atoms with van der Waals surface area (Å²) in [5.74, 6) is 0.351. The lowest BCUT2D eigenvalue weighted by Gasteiger charge is -2.23. The molecule has 1 rings (SSSR count). The quantitative estimate of drug-likeness (QED) is 0.637. The molecule has 2 N–H and O–H groups in total. The van der Waals surface area contributed by atoms with Crippen molar-refractivity contribution in [3.63, 3.8) is 0 Å². The summed E-state index contributed by atoms with van der Waals surface area (Å²) < 4.78 is 0. The number of alkyl halides is 1. The molecule has 0 radical (unpaired) electrons. The monoisotopic (exact) mass is 204 g/mol. The van der Waals surface area contributed by atoms with E-state index in [1.807, 2.05) is 0 Å². The average Bonchev–Trinajstić information content (AvgIpc) is 2.09. The van der Waals surface area contributed by atoms with Gasteiger partial charge in [-0.15, -0.1) is 11.6 Å². The van der Waals surface area contributed by atoms with Gasteiger partial charge in [0.25, 0.3) is 0 Å². The Morgan fingerprint density at radius 3 is 3.00 bits per heavy atom. The summed E-state index contributed by atoms with van der Waals surface area (Å²) in [6.45, 7) is 0.535. The fraction of sp³-hybridized carbons (Fsp3) is 0.750. The number of carbonyl (C=O) groups excluding carboxylic acids is 2. The van der Waals surface area contributed by atoms with Gasteiger partial charge < -0.3 is 10.6 Å². The summed E-state index contributed by atoms with van der Waals surface area (Å²) >= 11 is 5.41. The van der Waals surface area contributed by atoms with Gasteiger partial charge in [0.15, 0.2) is 0 Å². The van der Waals surface area contributed by atoms with Gasteiger partial charge >= 0.3 is 0 Å². The highest BCUT2D eigenvalue weighted by atomic mass is 35.5. The van der Waals surface area contributed by atoms with Crippen molar-refractivity contribution >= 4 is 23.4 Å². The molecule has 0 spiro atoms. The first-order valence-electron chi connectivity index (χ1n) is 4.34. The number of hydrogen-bond donors (Lipinski definition) is 2. The van der Waals surface area contributed by atoms with Crippen LogP contribution in [0.4, 0.5) is 0 Å². The normalized spacial score (nSPS) is 22.2. The first kappa shape index (κ1) is 10.3. The zero-order valence-electron chi connectivity index (χ0n) is 7.31. The topological polar surface area (TPSA) is 58.2 Å². The molecule has 1 aliphatic rings. The van der Waals surface area contributed by atoms with Gasteiger partial charge in [0, 0.05) is 31.3 Å². The molecule has 2 amide bonds. The highest BCUT2D eigenvalue weighted by molar-refractivity contribution is 6.18. The molecule has 0 aliphatic carbocycles. The first-order valence-corrected chi connectivity index (χ1v) is 4.88. The lowest BCUT2D eigenvalue weighted by Crippen LogP contribution is -2.47. The second-order valence-electron chi connectivity index (χ2n) is 3.05. The Hall–Kier alpha value is -0.770. The summed E-state index contributed by atoms with van der Waals surface area (Å²) in [5.41, 5.74) is 0. The number of rotatable bonds is 3. The van der Waals surface area contributed by atoms with Gasteiger partial charge in [-0.25, -0.2) is 0 Å². The maximum absolute atomic E-state index is 11.1. The van der Waals surface area contributed by atoms with E-state index < -0.39 is 0 Å². The van der Waals surface area contributed by atoms with E-state index in [4.69, 9.17) is 11.6 Å². The van der Waals surface area contributed by atoms with Crippen LogP contribution in [0.2, 0.25) is 0 Å². The van der Waals surface area contributed by atoms with Crippen molar-refractivity contribution in [3.8, 4) is 0 Å². The summed E-state index contributed by atoms with van der Waals surface area (Å²) in [4.78, 5) is 21.9. The third-order valence-electron chi connectivity index (χ3n) is 1.95. The van der Waals surface area contributed by atoms with Crippen LogP contribution >= 0.6 is 11.6 Å². The second-order valence-corrected chi connectivity index (χ2v) is 3.42. The van der Waals surface area contributed by atoms with Gasteiger partial charge in [-0.1, -0.05) is 0 Å².